The van der Waals surface area contributed by atoms with Gasteiger partial charge >= 0.3 is 0 Å². The normalized spacial score (nSPS) is 14.7. The van der Waals surface area contributed by atoms with Crippen LogP contribution in [0.4, 0.5) is 0 Å². The predicted molar refractivity (Wildman–Crippen MR) is 126 cm³/mol. The van der Waals surface area contributed by atoms with Gasteiger partial charge in [-0.2, -0.15) is 0 Å². The van der Waals surface area contributed by atoms with Gasteiger partial charge in [-0.1, -0.05) is 18.9 Å². The molecule has 0 unspecified atom stereocenters. The van der Waals surface area contributed by atoms with Crippen LogP contribution in [0.5, 0.6) is 23.0 Å². The van der Waals surface area contributed by atoms with Gasteiger partial charge in [0.1, 0.15) is 0 Å². The maximum atomic E-state index is 13.2. The second-order valence-electron chi connectivity index (χ2n) is 8.16. The molecule has 1 atom stereocenters. The van der Waals surface area contributed by atoms with Crippen LogP contribution in [0.1, 0.15) is 43.0 Å². The lowest BCUT2D eigenvalue weighted by atomic mass is 9.96. The number of ether oxygens (including phenoxy) is 4. The van der Waals surface area contributed by atoms with Gasteiger partial charge in [0.05, 0.1) is 40.2 Å². The first-order valence-corrected chi connectivity index (χ1v) is 11.1. The Balaban J connectivity index is 1.85. The van der Waals surface area contributed by atoms with E-state index in [9.17, 15) is 4.79 Å². The maximum Gasteiger partial charge on any atom is 0.223 e. The summed E-state index contributed by atoms with van der Waals surface area (Å²) < 4.78 is 21.9. The van der Waals surface area contributed by atoms with Gasteiger partial charge in [0.15, 0.2) is 23.0 Å². The molecule has 1 N–H and O–H groups in total. The summed E-state index contributed by atoms with van der Waals surface area (Å²) in [6.07, 6.45) is 5.75. The SMILES string of the molecule is COc1ccc([C@H](NC(=O)C2CCCC2)c2nccc3cc(OC)c(OC)cc23)cc1OC. The Morgan fingerprint density at radius 2 is 1.52 bits per heavy atom. The van der Waals surface area contributed by atoms with E-state index in [2.05, 4.69) is 5.32 Å². The van der Waals surface area contributed by atoms with E-state index in [1.165, 1.54) is 0 Å². The van der Waals surface area contributed by atoms with Crippen molar-refractivity contribution in [3.8, 4) is 23.0 Å². The van der Waals surface area contributed by atoms with E-state index in [1.807, 2.05) is 36.4 Å². The fraction of sp³-hybridized carbons (Fsp3) is 0.385. The lowest BCUT2D eigenvalue weighted by Crippen LogP contribution is -2.34. The predicted octanol–water partition coefficient (Wildman–Crippen LogP) is 4.67. The van der Waals surface area contributed by atoms with Crippen molar-refractivity contribution in [3.63, 3.8) is 0 Å². The van der Waals surface area contributed by atoms with Crippen molar-refractivity contribution < 1.29 is 23.7 Å². The lowest BCUT2D eigenvalue weighted by molar-refractivity contribution is -0.125. The van der Waals surface area contributed by atoms with Gasteiger partial charge in [-0.15, -0.1) is 0 Å². The summed E-state index contributed by atoms with van der Waals surface area (Å²) in [6, 6.07) is 10.9. The summed E-state index contributed by atoms with van der Waals surface area (Å²) >= 11 is 0. The summed E-state index contributed by atoms with van der Waals surface area (Å²) in [6.45, 7) is 0. The third kappa shape index (κ3) is 4.53. The van der Waals surface area contributed by atoms with Crippen molar-refractivity contribution in [2.75, 3.05) is 28.4 Å². The van der Waals surface area contributed by atoms with Crippen LogP contribution in [0.25, 0.3) is 10.8 Å². The first kappa shape index (κ1) is 22.7. The molecule has 0 radical (unpaired) electrons. The zero-order chi connectivity index (χ0) is 23.4. The molecular formula is C26H30N2O5. The van der Waals surface area contributed by atoms with E-state index >= 15 is 0 Å². The van der Waals surface area contributed by atoms with Crippen molar-refractivity contribution in [1.29, 1.82) is 0 Å². The molecular weight excluding hydrogens is 420 g/mol. The monoisotopic (exact) mass is 450 g/mol. The number of pyridine rings is 1. The van der Waals surface area contributed by atoms with Gasteiger partial charge in [-0.3, -0.25) is 9.78 Å². The molecule has 7 heteroatoms. The quantitative estimate of drug-likeness (QED) is 0.538. The summed E-state index contributed by atoms with van der Waals surface area (Å²) in [5.74, 6) is 2.53. The average Bonchev–Trinajstić information content (AvgIpc) is 3.41. The molecule has 0 bridgehead atoms. The lowest BCUT2D eigenvalue weighted by Gasteiger charge is -2.23. The van der Waals surface area contributed by atoms with Gasteiger partial charge in [-0.25, -0.2) is 0 Å². The Labute approximate surface area is 194 Å². The van der Waals surface area contributed by atoms with Crippen LogP contribution >= 0.6 is 0 Å². The highest BCUT2D eigenvalue weighted by atomic mass is 16.5. The second kappa shape index (κ2) is 9.98. The van der Waals surface area contributed by atoms with Gasteiger partial charge in [0.25, 0.3) is 0 Å². The van der Waals surface area contributed by atoms with Crippen molar-refractivity contribution in [2.45, 2.75) is 31.7 Å². The number of carbonyl (C=O) groups is 1. The van der Waals surface area contributed by atoms with Crippen molar-refractivity contribution >= 4 is 16.7 Å². The summed E-state index contributed by atoms with van der Waals surface area (Å²) in [7, 11) is 6.41. The second-order valence-corrected chi connectivity index (χ2v) is 8.16. The van der Waals surface area contributed by atoms with Crippen molar-refractivity contribution in [1.82, 2.24) is 10.3 Å². The Hall–Kier alpha value is -3.48. The van der Waals surface area contributed by atoms with Crippen LogP contribution < -0.4 is 24.3 Å². The van der Waals surface area contributed by atoms with Gasteiger partial charge in [-0.05, 0) is 54.1 Å². The van der Waals surface area contributed by atoms with Gasteiger partial charge < -0.3 is 24.3 Å². The Bertz CT molecular complexity index is 1140. The molecule has 1 amide bonds. The molecule has 4 rings (SSSR count). The first-order chi connectivity index (χ1) is 16.1. The largest absolute Gasteiger partial charge is 0.493 e. The summed E-state index contributed by atoms with van der Waals surface area (Å²) in [5, 5.41) is 5.09. The van der Waals surface area contributed by atoms with Crippen LogP contribution in [-0.2, 0) is 4.79 Å². The molecule has 174 valence electrons. The fourth-order valence-corrected chi connectivity index (χ4v) is 4.54. The minimum Gasteiger partial charge on any atom is -0.493 e. The van der Waals surface area contributed by atoms with Crippen molar-refractivity contribution in [2.24, 2.45) is 5.92 Å². The zero-order valence-electron chi connectivity index (χ0n) is 19.5. The molecule has 1 heterocycles. The number of hydrogen-bond acceptors (Lipinski definition) is 6. The Morgan fingerprint density at radius 1 is 0.879 bits per heavy atom. The zero-order valence-corrected chi connectivity index (χ0v) is 19.5. The number of nitrogens with zero attached hydrogens (tertiary/aromatic N) is 1. The number of fused-ring (bicyclic) bond motifs is 1. The van der Waals surface area contributed by atoms with Crippen LogP contribution in [0.2, 0.25) is 0 Å². The third-order valence-corrected chi connectivity index (χ3v) is 6.33. The summed E-state index contributed by atoms with van der Waals surface area (Å²) in [4.78, 5) is 17.9. The molecule has 1 aliphatic carbocycles. The highest BCUT2D eigenvalue weighted by Gasteiger charge is 2.28. The number of benzene rings is 2. The van der Waals surface area contributed by atoms with Crippen LogP contribution in [0, 0.1) is 5.92 Å². The van der Waals surface area contributed by atoms with E-state index in [1.54, 1.807) is 34.6 Å². The molecule has 0 aliphatic heterocycles. The first-order valence-electron chi connectivity index (χ1n) is 11.1. The molecule has 1 saturated carbocycles. The van der Waals surface area contributed by atoms with E-state index in [0.29, 0.717) is 23.0 Å². The molecule has 1 aromatic heterocycles. The van der Waals surface area contributed by atoms with E-state index in [4.69, 9.17) is 23.9 Å². The molecule has 1 fully saturated rings. The number of methoxy groups -OCH3 is 4. The van der Waals surface area contributed by atoms with Crippen molar-refractivity contribution in [3.05, 3.63) is 53.9 Å². The standard InChI is InChI=1S/C26H30N2O5/c1-30-20-10-9-18(14-21(20)31-2)24(28-26(29)16-7-5-6-8-16)25-19-15-23(33-4)22(32-3)13-17(19)11-12-27-25/h9-16,24H,5-8H2,1-4H3,(H,28,29)/t24-/m0/s1. The molecule has 2 aromatic carbocycles. The van der Waals surface area contributed by atoms with Gasteiger partial charge in [0, 0.05) is 17.5 Å². The average molecular weight is 451 g/mol. The smallest absolute Gasteiger partial charge is 0.223 e. The number of hydrogen-bond donors (Lipinski definition) is 1. The number of aromatic nitrogens is 1. The van der Waals surface area contributed by atoms with E-state index in [0.717, 1.165) is 47.7 Å². The van der Waals surface area contributed by atoms with E-state index < -0.39 is 6.04 Å². The Morgan fingerprint density at radius 3 is 2.18 bits per heavy atom. The number of nitrogens with one attached hydrogen (secondary N) is 1. The molecule has 33 heavy (non-hydrogen) atoms. The van der Waals surface area contributed by atoms with Crippen LogP contribution in [0.3, 0.4) is 0 Å². The van der Waals surface area contributed by atoms with Crippen LogP contribution in [0.15, 0.2) is 42.6 Å². The molecule has 0 spiro atoms. The fourth-order valence-electron chi connectivity index (χ4n) is 4.54. The highest BCUT2D eigenvalue weighted by Crippen LogP contribution is 2.38. The number of rotatable bonds is 8. The Kier molecular flexibility index (Phi) is 6.87. The van der Waals surface area contributed by atoms with Crippen LogP contribution in [-0.4, -0.2) is 39.3 Å². The number of amides is 1. The van der Waals surface area contributed by atoms with Gasteiger partial charge in [0.2, 0.25) is 5.91 Å². The third-order valence-electron chi connectivity index (χ3n) is 6.33. The number of carbonyl (C=O) groups excluding carboxylic acids is 1. The molecule has 0 saturated heterocycles. The molecule has 7 nitrogen and oxygen atoms in total. The minimum atomic E-state index is -0.472. The minimum absolute atomic E-state index is 0.0252. The molecule has 3 aromatic rings. The summed E-state index contributed by atoms with van der Waals surface area (Å²) in [5.41, 5.74) is 1.58. The highest BCUT2D eigenvalue weighted by molar-refractivity contribution is 5.89. The maximum absolute atomic E-state index is 13.2. The topological polar surface area (TPSA) is 78.9 Å². The molecule has 1 aliphatic rings. The van der Waals surface area contributed by atoms with E-state index in [-0.39, 0.29) is 11.8 Å².